The average molecular weight is 386 g/mol. The van der Waals surface area contributed by atoms with Crippen LogP contribution in [-0.2, 0) is 22.5 Å². The lowest BCUT2D eigenvalue weighted by Crippen LogP contribution is -2.57. The molecule has 2 aromatic rings. The summed E-state index contributed by atoms with van der Waals surface area (Å²) in [4.78, 5) is 16.7. The van der Waals surface area contributed by atoms with Crippen molar-refractivity contribution in [3.63, 3.8) is 0 Å². The Morgan fingerprint density at radius 1 is 1.26 bits per heavy atom. The second-order valence-corrected chi connectivity index (χ2v) is 8.50. The molecule has 2 aliphatic heterocycles. The number of nitrogens with zero attached hydrogens (tertiary/aromatic N) is 1. The molecule has 1 saturated heterocycles. The van der Waals surface area contributed by atoms with E-state index < -0.39 is 5.54 Å². The molecule has 1 amide bonds. The van der Waals surface area contributed by atoms with Gasteiger partial charge in [0.1, 0.15) is 0 Å². The van der Waals surface area contributed by atoms with Gasteiger partial charge in [-0.15, -0.1) is 11.3 Å². The van der Waals surface area contributed by atoms with E-state index in [9.17, 15) is 4.79 Å². The smallest absolute Gasteiger partial charge is 0.240 e. The molecular weight excluding hydrogens is 358 g/mol. The molecule has 1 aromatic heterocycles. The zero-order valence-electron chi connectivity index (χ0n) is 15.5. The summed E-state index contributed by atoms with van der Waals surface area (Å²) in [6, 6.07) is 12.8. The molecule has 0 radical (unpaired) electrons. The summed E-state index contributed by atoms with van der Waals surface area (Å²) in [7, 11) is 0. The number of carbonyl (C=O) groups excluding carboxylic acids is 1. The van der Waals surface area contributed by atoms with E-state index in [0.717, 1.165) is 19.5 Å². The number of hydrogen-bond acceptors (Lipinski definition) is 5. The second kappa shape index (κ2) is 8.10. The van der Waals surface area contributed by atoms with Crippen LogP contribution in [0.15, 0.2) is 41.8 Å². The first kappa shape index (κ1) is 18.6. The van der Waals surface area contributed by atoms with Crippen LogP contribution in [0.1, 0.15) is 34.9 Å². The zero-order chi connectivity index (χ0) is 18.7. The van der Waals surface area contributed by atoms with E-state index in [2.05, 4.69) is 45.9 Å². The lowest BCUT2D eigenvalue weighted by Gasteiger charge is -2.37. The van der Waals surface area contributed by atoms with Gasteiger partial charge < -0.3 is 15.8 Å². The molecule has 0 saturated carbocycles. The summed E-state index contributed by atoms with van der Waals surface area (Å²) in [5, 5.41) is 5.33. The minimum Gasteiger partial charge on any atom is -0.381 e. The van der Waals surface area contributed by atoms with E-state index in [4.69, 9.17) is 10.5 Å². The van der Waals surface area contributed by atoms with Crippen molar-refractivity contribution in [1.29, 1.82) is 0 Å². The summed E-state index contributed by atoms with van der Waals surface area (Å²) < 4.78 is 5.36. The summed E-state index contributed by atoms with van der Waals surface area (Å²) in [6.45, 7) is 3.61. The first-order valence-corrected chi connectivity index (χ1v) is 10.5. The van der Waals surface area contributed by atoms with Gasteiger partial charge in [0.05, 0.1) is 11.6 Å². The minimum atomic E-state index is -0.804. The number of ether oxygens (including phenoxy) is 1. The van der Waals surface area contributed by atoms with Crippen LogP contribution >= 0.6 is 11.3 Å². The predicted molar refractivity (Wildman–Crippen MR) is 108 cm³/mol. The molecule has 2 aliphatic rings. The van der Waals surface area contributed by atoms with Gasteiger partial charge in [0.2, 0.25) is 5.91 Å². The Balaban J connectivity index is 1.48. The van der Waals surface area contributed by atoms with E-state index in [0.29, 0.717) is 32.6 Å². The molecule has 1 aromatic carbocycles. The number of nitrogens with one attached hydrogen (secondary N) is 1. The van der Waals surface area contributed by atoms with Gasteiger partial charge in [-0.2, -0.15) is 0 Å². The Bertz CT molecular complexity index is 771. The molecule has 6 heteroatoms. The fourth-order valence-corrected chi connectivity index (χ4v) is 4.89. The van der Waals surface area contributed by atoms with Gasteiger partial charge in [-0.1, -0.05) is 30.3 Å². The van der Waals surface area contributed by atoms with Crippen LogP contribution in [0.4, 0.5) is 0 Å². The molecular formula is C21H27N3O2S. The number of rotatable bonds is 5. The normalized spacial score (nSPS) is 20.6. The number of benzene rings is 1. The first-order valence-electron chi connectivity index (χ1n) is 9.65. The number of thiophene rings is 1. The van der Waals surface area contributed by atoms with Gasteiger partial charge in [-0.25, -0.2) is 0 Å². The maximum atomic E-state index is 12.8. The highest BCUT2D eigenvalue weighted by Gasteiger charge is 2.36. The minimum absolute atomic E-state index is 0.0556. The largest absolute Gasteiger partial charge is 0.381 e. The van der Waals surface area contributed by atoms with Crippen molar-refractivity contribution in [2.45, 2.75) is 37.4 Å². The number of fused-ring (bicyclic) bond motifs is 1. The van der Waals surface area contributed by atoms with Crippen LogP contribution < -0.4 is 11.1 Å². The predicted octanol–water partition coefficient (Wildman–Crippen LogP) is 2.47. The maximum Gasteiger partial charge on any atom is 0.240 e. The van der Waals surface area contributed by atoms with Crippen LogP contribution in [0.5, 0.6) is 0 Å². The average Bonchev–Trinajstić information content (AvgIpc) is 3.17. The van der Waals surface area contributed by atoms with Crippen molar-refractivity contribution in [2.24, 2.45) is 5.73 Å². The van der Waals surface area contributed by atoms with Gasteiger partial charge in [0.25, 0.3) is 0 Å². The van der Waals surface area contributed by atoms with Crippen molar-refractivity contribution in [2.75, 3.05) is 26.3 Å². The van der Waals surface area contributed by atoms with Gasteiger partial charge in [0, 0.05) is 37.7 Å². The standard InChI is InChI=1S/C21H27N3O2S/c22-21(8-11-26-12-9-21)20(25)23-14-18(16-4-2-1-3-5-16)24-10-6-19-17(15-24)7-13-27-19/h1-5,7,13,18H,6,8-12,14-15,22H2,(H,23,25). The maximum absolute atomic E-state index is 12.8. The van der Waals surface area contributed by atoms with E-state index in [1.165, 1.54) is 16.0 Å². The van der Waals surface area contributed by atoms with Gasteiger partial charge in [0.15, 0.2) is 0 Å². The molecule has 0 aliphatic carbocycles. The van der Waals surface area contributed by atoms with E-state index in [-0.39, 0.29) is 11.9 Å². The van der Waals surface area contributed by atoms with Gasteiger partial charge in [-0.3, -0.25) is 9.69 Å². The highest BCUT2D eigenvalue weighted by molar-refractivity contribution is 7.10. The molecule has 5 nitrogen and oxygen atoms in total. The van der Waals surface area contributed by atoms with Crippen LogP contribution in [0.3, 0.4) is 0 Å². The first-order chi connectivity index (χ1) is 13.2. The zero-order valence-corrected chi connectivity index (χ0v) is 16.3. The third-order valence-electron chi connectivity index (χ3n) is 5.76. The summed E-state index contributed by atoms with van der Waals surface area (Å²) >= 11 is 1.85. The number of hydrogen-bond donors (Lipinski definition) is 2. The quantitative estimate of drug-likeness (QED) is 0.830. The number of carbonyl (C=O) groups is 1. The second-order valence-electron chi connectivity index (χ2n) is 7.49. The highest BCUT2D eigenvalue weighted by atomic mass is 32.1. The number of amides is 1. The fourth-order valence-electron chi connectivity index (χ4n) is 4.00. The van der Waals surface area contributed by atoms with E-state index >= 15 is 0 Å². The Morgan fingerprint density at radius 3 is 2.81 bits per heavy atom. The fraction of sp³-hybridized carbons (Fsp3) is 0.476. The van der Waals surface area contributed by atoms with Crippen molar-refractivity contribution in [1.82, 2.24) is 10.2 Å². The van der Waals surface area contributed by atoms with Crippen LogP contribution in [0, 0.1) is 0 Å². The Labute approximate surface area is 164 Å². The molecule has 3 N–H and O–H groups in total. The molecule has 0 spiro atoms. The third-order valence-corrected chi connectivity index (χ3v) is 6.78. The Hall–Kier alpha value is -1.73. The van der Waals surface area contributed by atoms with Crippen molar-refractivity contribution < 1.29 is 9.53 Å². The van der Waals surface area contributed by atoms with Crippen molar-refractivity contribution in [3.05, 3.63) is 57.8 Å². The van der Waals surface area contributed by atoms with Crippen molar-refractivity contribution >= 4 is 17.2 Å². The van der Waals surface area contributed by atoms with E-state index in [1.807, 2.05) is 17.4 Å². The van der Waals surface area contributed by atoms with Crippen LogP contribution in [0.25, 0.3) is 0 Å². The number of nitrogens with two attached hydrogens (primary N) is 1. The van der Waals surface area contributed by atoms with Crippen LogP contribution in [-0.4, -0.2) is 42.6 Å². The van der Waals surface area contributed by atoms with E-state index in [1.54, 1.807) is 0 Å². The molecule has 144 valence electrons. The van der Waals surface area contributed by atoms with Gasteiger partial charge in [-0.05, 0) is 41.8 Å². The summed E-state index contributed by atoms with van der Waals surface area (Å²) in [5.74, 6) is -0.0556. The summed E-state index contributed by atoms with van der Waals surface area (Å²) in [6.07, 6.45) is 2.23. The topological polar surface area (TPSA) is 67.6 Å². The van der Waals surface area contributed by atoms with Gasteiger partial charge >= 0.3 is 0 Å². The van der Waals surface area contributed by atoms with Crippen LogP contribution in [0.2, 0.25) is 0 Å². The lowest BCUT2D eigenvalue weighted by molar-refractivity contribution is -0.130. The molecule has 27 heavy (non-hydrogen) atoms. The van der Waals surface area contributed by atoms with Crippen molar-refractivity contribution in [3.8, 4) is 0 Å². The molecule has 0 bridgehead atoms. The Kier molecular flexibility index (Phi) is 5.59. The highest BCUT2D eigenvalue weighted by Crippen LogP contribution is 2.30. The Morgan fingerprint density at radius 2 is 2.04 bits per heavy atom. The molecule has 1 unspecified atom stereocenters. The molecule has 1 fully saturated rings. The molecule has 3 heterocycles. The SMILES string of the molecule is NC1(C(=O)NCC(c2ccccc2)N2CCc3sccc3C2)CCOCC1. The third kappa shape index (κ3) is 4.09. The molecule has 1 atom stereocenters. The lowest BCUT2D eigenvalue weighted by atomic mass is 9.90. The summed E-state index contributed by atoms with van der Waals surface area (Å²) in [5.41, 5.74) is 8.19. The molecule has 4 rings (SSSR count). The monoisotopic (exact) mass is 385 g/mol.